The number of benzene rings is 2. The van der Waals surface area contributed by atoms with Gasteiger partial charge in [-0.1, -0.05) is 23.7 Å². The number of nitro groups is 1. The van der Waals surface area contributed by atoms with E-state index in [0.29, 0.717) is 22.0 Å². The maximum Gasteiger partial charge on any atom is 0.269 e. The fraction of sp³-hybridized carbons (Fsp3) is 0. The van der Waals surface area contributed by atoms with E-state index in [1.807, 2.05) is 12.1 Å². The van der Waals surface area contributed by atoms with Crippen LogP contribution in [0.2, 0.25) is 5.02 Å². The van der Waals surface area contributed by atoms with Gasteiger partial charge < -0.3 is 9.40 Å². The van der Waals surface area contributed by atoms with Crippen molar-refractivity contribution in [2.24, 2.45) is 0 Å². The van der Waals surface area contributed by atoms with Crippen LogP contribution in [0.3, 0.4) is 0 Å². The first kappa shape index (κ1) is 14.5. The number of nitrogens with zero attached hydrogens (tertiary/aromatic N) is 1. The largest absolute Gasteiger partial charge is 0.429 e. The Labute approximate surface area is 135 Å². The quantitative estimate of drug-likeness (QED) is 0.405. The van der Waals surface area contributed by atoms with Gasteiger partial charge in [0.15, 0.2) is 5.76 Å². The number of non-ortho nitro benzene ring substituents is 1. The molecule has 1 aromatic heterocycles. The van der Waals surface area contributed by atoms with E-state index >= 15 is 0 Å². The van der Waals surface area contributed by atoms with E-state index in [1.165, 1.54) is 12.1 Å². The summed E-state index contributed by atoms with van der Waals surface area (Å²) in [5.41, 5.74) is 2.28. The predicted octanol–water partition coefficient (Wildman–Crippen LogP) is 5.23. The number of nitrogens with one attached hydrogen (secondary N) is 1. The van der Waals surface area contributed by atoms with E-state index < -0.39 is 4.92 Å². The first-order valence-corrected chi connectivity index (χ1v) is 7.07. The smallest absolute Gasteiger partial charge is 0.269 e. The molecule has 0 bridgehead atoms. The maximum absolute atomic E-state index is 10.7. The van der Waals surface area contributed by atoms with Crippen molar-refractivity contribution in [3.63, 3.8) is 0 Å². The first-order valence-electron chi connectivity index (χ1n) is 6.28. The van der Waals surface area contributed by atoms with Crippen LogP contribution >= 0.6 is 23.8 Å². The van der Waals surface area contributed by atoms with Gasteiger partial charge in [-0.2, -0.15) is 0 Å². The summed E-state index contributed by atoms with van der Waals surface area (Å²) < 4.78 is 5.54. The van der Waals surface area contributed by atoms with Crippen LogP contribution in [-0.4, -0.2) is 9.91 Å². The summed E-state index contributed by atoms with van der Waals surface area (Å²) >= 11 is 10.9. The lowest BCUT2D eigenvalue weighted by atomic mass is 10.1. The minimum Gasteiger partial charge on any atom is -0.429 e. The fourth-order valence-electron chi connectivity index (χ4n) is 2.09. The van der Waals surface area contributed by atoms with E-state index in [2.05, 4.69) is 4.98 Å². The van der Waals surface area contributed by atoms with E-state index in [4.69, 9.17) is 28.2 Å². The van der Waals surface area contributed by atoms with E-state index in [-0.39, 0.29) is 10.5 Å². The Hall–Kier alpha value is -2.44. The molecule has 0 amide bonds. The molecule has 0 aliphatic heterocycles. The van der Waals surface area contributed by atoms with Crippen molar-refractivity contribution in [3.8, 4) is 22.6 Å². The van der Waals surface area contributed by atoms with Gasteiger partial charge >= 0.3 is 0 Å². The minimum absolute atomic E-state index is 0.0194. The highest BCUT2D eigenvalue weighted by Gasteiger charge is 2.14. The third kappa shape index (κ3) is 2.79. The Balaban J connectivity index is 2.09. The number of hydrogen-bond acceptors (Lipinski definition) is 4. The van der Waals surface area contributed by atoms with Crippen LogP contribution in [0.1, 0.15) is 0 Å². The molecule has 0 radical (unpaired) electrons. The van der Waals surface area contributed by atoms with Gasteiger partial charge in [-0.3, -0.25) is 10.1 Å². The summed E-state index contributed by atoms with van der Waals surface area (Å²) in [6.07, 6.45) is 0. The minimum atomic E-state index is -0.448. The molecule has 3 aromatic rings. The molecule has 5 nitrogen and oxygen atoms in total. The Kier molecular flexibility index (Phi) is 3.79. The van der Waals surface area contributed by atoms with Crippen molar-refractivity contribution in [3.05, 3.63) is 68.5 Å². The van der Waals surface area contributed by atoms with Crippen molar-refractivity contribution in [2.75, 3.05) is 0 Å². The lowest BCUT2D eigenvalue weighted by molar-refractivity contribution is -0.384. The van der Waals surface area contributed by atoms with Crippen LogP contribution in [0.4, 0.5) is 5.69 Å². The van der Waals surface area contributed by atoms with Gasteiger partial charge in [0.2, 0.25) is 0 Å². The highest BCUT2D eigenvalue weighted by atomic mass is 35.5. The summed E-state index contributed by atoms with van der Waals surface area (Å²) in [5, 5.41) is 11.3. The molecule has 3 rings (SSSR count). The zero-order valence-corrected chi connectivity index (χ0v) is 12.6. The third-order valence-corrected chi connectivity index (χ3v) is 3.56. The standard InChI is InChI=1S/C15H9ClN2O3S/c16-11-5-1-9(2-6-11)13-14(21-15(22)17-13)10-3-7-12(8-4-10)18(19)20/h1-8H,(H,17,22). The highest BCUT2D eigenvalue weighted by Crippen LogP contribution is 2.33. The van der Waals surface area contributed by atoms with Gasteiger partial charge in [-0.15, -0.1) is 0 Å². The average Bonchev–Trinajstić information content (AvgIpc) is 2.90. The maximum atomic E-state index is 10.7. The fourth-order valence-corrected chi connectivity index (χ4v) is 2.40. The van der Waals surface area contributed by atoms with Crippen LogP contribution in [-0.2, 0) is 0 Å². The summed E-state index contributed by atoms with van der Waals surface area (Å²) in [5.74, 6) is 0.530. The van der Waals surface area contributed by atoms with E-state index in [0.717, 1.165) is 5.56 Å². The molecule has 0 spiro atoms. The Morgan fingerprint density at radius 1 is 1.05 bits per heavy atom. The summed E-state index contributed by atoms with van der Waals surface area (Å²) in [4.78, 5) is 13.5. The highest BCUT2D eigenvalue weighted by molar-refractivity contribution is 7.71. The molecule has 0 unspecified atom stereocenters. The van der Waals surface area contributed by atoms with Crippen molar-refractivity contribution >= 4 is 29.5 Å². The lowest BCUT2D eigenvalue weighted by Crippen LogP contribution is -1.87. The van der Waals surface area contributed by atoms with Crippen molar-refractivity contribution < 1.29 is 9.34 Å². The number of nitro benzene ring substituents is 1. The van der Waals surface area contributed by atoms with Crippen molar-refractivity contribution in [2.45, 2.75) is 0 Å². The summed E-state index contributed by atoms with van der Waals surface area (Å²) in [6, 6.07) is 13.3. The number of halogens is 1. The second-order valence-electron chi connectivity index (χ2n) is 4.53. The Morgan fingerprint density at radius 2 is 1.64 bits per heavy atom. The first-order chi connectivity index (χ1) is 10.5. The second-order valence-corrected chi connectivity index (χ2v) is 5.34. The molecular formula is C15H9ClN2O3S. The molecule has 0 fully saturated rings. The number of hydrogen-bond donors (Lipinski definition) is 1. The number of H-pyrrole nitrogens is 1. The normalized spacial score (nSPS) is 10.6. The molecular weight excluding hydrogens is 324 g/mol. The average molecular weight is 333 g/mol. The number of aromatic amines is 1. The van der Waals surface area contributed by atoms with Crippen molar-refractivity contribution in [1.82, 2.24) is 4.98 Å². The zero-order valence-electron chi connectivity index (χ0n) is 11.1. The van der Waals surface area contributed by atoms with Gasteiger partial charge in [0.25, 0.3) is 10.5 Å². The van der Waals surface area contributed by atoms with Crippen LogP contribution < -0.4 is 0 Å². The molecule has 2 aromatic carbocycles. The van der Waals surface area contributed by atoms with Crippen LogP contribution in [0.25, 0.3) is 22.6 Å². The number of rotatable bonds is 3. The lowest BCUT2D eigenvalue weighted by Gasteiger charge is -2.02. The van der Waals surface area contributed by atoms with Crippen LogP contribution in [0, 0.1) is 15.0 Å². The Bertz CT molecular complexity index is 882. The molecule has 1 N–H and O–H groups in total. The second kappa shape index (κ2) is 5.75. The molecule has 0 aliphatic rings. The molecule has 0 saturated carbocycles. The molecule has 0 aliphatic carbocycles. The Morgan fingerprint density at radius 3 is 2.23 bits per heavy atom. The van der Waals surface area contributed by atoms with Crippen LogP contribution in [0.15, 0.2) is 52.9 Å². The number of aromatic nitrogens is 1. The van der Waals surface area contributed by atoms with Crippen molar-refractivity contribution in [1.29, 1.82) is 0 Å². The molecule has 0 saturated heterocycles. The SMILES string of the molecule is O=[N+]([O-])c1ccc(-c2oc(=S)[nH]c2-c2ccc(Cl)cc2)cc1. The van der Waals surface area contributed by atoms with E-state index in [9.17, 15) is 10.1 Å². The van der Waals surface area contributed by atoms with Gasteiger partial charge in [-0.05, 0) is 36.5 Å². The van der Waals surface area contributed by atoms with Crippen LogP contribution in [0.5, 0.6) is 0 Å². The molecule has 0 atom stereocenters. The molecule has 22 heavy (non-hydrogen) atoms. The van der Waals surface area contributed by atoms with Gasteiger partial charge in [0.05, 0.1) is 10.6 Å². The molecule has 7 heteroatoms. The third-order valence-electron chi connectivity index (χ3n) is 3.12. The van der Waals surface area contributed by atoms with Gasteiger partial charge in [-0.25, -0.2) is 0 Å². The van der Waals surface area contributed by atoms with Gasteiger partial charge in [0, 0.05) is 28.3 Å². The summed E-state index contributed by atoms with van der Waals surface area (Å²) in [6.45, 7) is 0. The van der Waals surface area contributed by atoms with Gasteiger partial charge in [0.1, 0.15) is 0 Å². The zero-order chi connectivity index (χ0) is 15.7. The molecule has 1 heterocycles. The predicted molar refractivity (Wildman–Crippen MR) is 86.4 cm³/mol. The topological polar surface area (TPSA) is 72.1 Å². The monoisotopic (exact) mass is 332 g/mol. The molecule has 110 valence electrons. The number of oxazole rings is 1. The van der Waals surface area contributed by atoms with E-state index in [1.54, 1.807) is 24.3 Å². The summed E-state index contributed by atoms with van der Waals surface area (Å²) in [7, 11) is 0.